The Bertz CT molecular complexity index is 728. The van der Waals surface area contributed by atoms with Gasteiger partial charge in [-0.2, -0.15) is 13.2 Å². The zero-order valence-corrected chi connectivity index (χ0v) is 12.4. The molecule has 0 aromatic heterocycles. The fraction of sp³-hybridized carbons (Fsp3) is 0.375. The maximum absolute atomic E-state index is 13.0. The van der Waals surface area contributed by atoms with Crippen LogP contribution in [0.1, 0.15) is 12.0 Å². The van der Waals surface area contributed by atoms with Crippen LogP contribution in [0.15, 0.2) is 30.4 Å². The second-order valence-electron chi connectivity index (χ2n) is 6.17. The Morgan fingerprint density at radius 1 is 1.04 bits per heavy atom. The molecule has 4 atom stereocenters. The van der Waals surface area contributed by atoms with Gasteiger partial charge in [0.25, 0.3) is 0 Å². The van der Waals surface area contributed by atoms with Crippen molar-refractivity contribution in [2.75, 3.05) is 4.90 Å². The van der Waals surface area contributed by atoms with Crippen molar-refractivity contribution in [3.8, 4) is 0 Å². The summed E-state index contributed by atoms with van der Waals surface area (Å²) < 4.78 is 39.0. The smallest absolute Gasteiger partial charge is 0.274 e. The quantitative estimate of drug-likeness (QED) is 0.577. The molecule has 2 bridgehead atoms. The normalized spacial score (nSPS) is 32.1. The van der Waals surface area contributed by atoms with Crippen molar-refractivity contribution in [2.24, 2.45) is 23.7 Å². The van der Waals surface area contributed by atoms with Crippen LogP contribution in [0.2, 0.25) is 5.02 Å². The summed E-state index contributed by atoms with van der Waals surface area (Å²) in [5.74, 6) is -1.67. The van der Waals surface area contributed by atoms with Crippen molar-refractivity contribution in [1.82, 2.24) is 0 Å². The summed E-state index contributed by atoms with van der Waals surface area (Å²) in [4.78, 5) is 26.1. The first-order valence-corrected chi connectivity index (χ1v) is 7.59. The molecule has 3 nitrogen and oxygen atoms in total. The fourth-order valence-corrected chi connectivity index (χ4v) is 4.25. The van der Waals surface area contributed by atoms with Crippen LogP contribution in [0.4, 0.5) is 18.9 Å². The highest BCUT2D eigenvalue weighted by Gasteiger charge is 2.59. The van der Waals surface area contributed by atoms with Gasteiger partial charge in [-0.25, -0.2) is 0 Å². The van der Waals surface area contributed by atoms with Gasteiger partial charge in [-0.05, 0) is 36.5 Å². The first-order chi connectivity index (χ1) is 10.8. The predicted molar refractivity (Wildman–Crippen MR) is 76.7 cm³/mol. The van der Waals surface area contributed by atoms with Crippen LogP contribution in [0.3, 0.4) is 0 Å². The number of benzene rings is 1. The van der Waals surface area contributed by atoms with Gasteiger partial charge in [-0.3, -0.25) is 14.5 Å². The molecule has 1 aromatic carbocycles. The monoisotopic (exact) mass is 341 g/mol. The average molecular weight is 342 g/mol. The molecule has 0 N–H and O–H groups in total. The molecule has 1 saturated carbocycles. The van der Waals surface area contributed by atoms with Crippen LogP contribution in [0.5, 0.6) is 0 Å². The molecule has 0 radical (unpaired) electrons. The first-order valence-electron chi connectivity index (χ1n) is 7.22. The van der Waals surface area contributed by atoms with E-state index in [9.17, 15) is 22.8 Å². The number of hydrogen-bond acceptors (Lipinski definition) is 2. The molecular formula is C16H11ClF3NO2. The summed E-state index contributed by atoms with van der Waals surface area (Å²) in [7, 11) is 0. The van der Waals surface area contributed by atoms with E-state index >= 15 is 0 Å². The number of rotatable bonds is 1. The highest BCUT2D eigenvalue weighted by Crippen LogP contribution is 2.53. The number of carbonyl (C=O) groups is 2. The van der Waals surface area contributed by atoms with Gasteiger partial charge in [0.1, 0.15) is 0 Å². The Kier molecular flexibility index (Phi) is 2.95. The van der Waals surface area contributed by atoms with E-state index in [1.165, 1.54) is 6.07 Å². The number of hydrogen-bond donors (Lipinski definition) is 0. The van der Waals surface area contributed by atoms with Gasteiger partial charge in [-0.1, -0.05) is 23.8 Å². The minimum atomic E-state index is -4.64. The van der Waals surface area contributed by atoms with E-state index in [2.05, 4.69) is 0 Å². The van der Waals surface area contributed by atoms with Crippen molar-refractivity contribution >= 4 is 29.1 Å². The standard InChI is InChI=1S/C16H11ClF3NO2/c17-11-4-3-9(6-10(11)16(18,19)20)21-14(22)12-7-1-2-8(5-7)13(12)15(21)23/h1-4,6-8,12-13H,5H2/t7-,8+,12-,13-/m0/s1. The third kappa shape index (κ3) is 1.97. The number of alkyl halides is 3. The molecule has 7 heteroatoms. The lowest BCUT2D eigenvalue weighted by atomic mass is 9.85. The molecule has 3 aliphatic rings. The Morgan fingerprint density at radius 2 is 1.61 bits per heavy atom. The van der Waals surface area contributed by atoms with Crippen molar-refractivity contribution in [3.05, 3.63) is 40.9 Å². The van der Waals surface area contributed by atoms with Gasteiger partial charge in [0, 0.05) is 0 Å². The first kappa shape index (κ1) is 14.8. The Labute approximate surface area is 134 Å². The minimum absolute atomic E-state index is 0.0147. The Morgan fingerprint density at radius 3 is 2.13 bits per heavy atom. The molecule has 0 unspecified atom stereocenters. The van der Waals surface area contributed by atoms with Gasteiger partial charge >= 0.3 is 6.18 Å². The lowest BCUT2D eigenvalue weighted by Gasteiger charge is -2.19. The summed E-state index contributed by atoms with van der Waals surface area (Å²) in [5.41, 5.74) is -1.11. The molecule has 4 rings (SSSR count). The zero-order chi connectivity index (χ0) is 16.5. The van der Waals surface area contributed by atoms with E-state index in [-0.39, 0.29) is 17.5 Å². The average Bonchev–Trinajstić information content (AvgIpc) is 3.13. The second-order valence-corrected chi connectivity index (χ2v) is 6.58. The highest BCUT2D eigenvalue weighted by atomic mass is 35.5. The fourth-order valence-electron chi connectivity index (χ4n) is 4.03. The number of halogens is 4. The molecule has 0 spiro atoms. The molecule has 2 amide bonds. The van der Waals surface area contributed by atoms with E-state index in [1.807, 2.05) is 12.2 Å². The molecule has 2 fully saturated rings. The van der Waals surface area contributed by atoms with E-state index in [0.29, 0.717) is 0 Å². The number of fused-ring (bicyclic) bond motifs is 5. The summed E-state index contributed by atoms with van der Waals surface area (Å²) in [6.45, 7) is 0. The third-order valence-electron chi connectivity index (χ3n) is 4.98. The lowest BCUT2D eigenvalue weighted by molar-refractivity contribution is -0.137. The van der Waals surface area contributed by atoms with Crippen LogP contribution in [0.25, 0.3) is 0 Å². The number of allylic oxidation sites excluding steroid dienone is 2. The SMILES string of the molecule is O=C1[C@@H]2[C@@H](C(=O)N1c1ccc(Cl)c(C(F)(F)F)c1)[C@H]1C=C[C@@H]2C1. The molecule has 120 valence electrons. The molecule has 1 aliphatic heterocycles. The van der Waals surface area contributed by atoms with E-state index < -0.39 is 40.4 Å². The number of imide groups is 1. The number of anilines is 1. The maximum Gasteiger partial charge on any atom is 0.417 e. The van der Waals surface area contributed by atoms with Gasteiger partial charge in [0.15, 0.2) is 0 Å². The molecule has 2 aliphatic carbocycles. The summed E-state index contributed by atoms with van der Waals surface area (Å²) >= 11 is 5.59. The van der Waals surface area contributed by atoms with Gasteiger partial charge in [0.2, 0.25) is 11.8 Å². The molecular weight excluding hydrogens is 331 g/mol. The van der Waals surface area contributed by atoms with Crippen molar-refractivity contribution < 1.29 is 22.8 Å². The predicted octanol–water partition coefficient (Wildman–Crippen LogP) is 3.67. The van der Waals surface area contributed by atoms with Crippen molar-refractivity contribution in [2.45, 2.75) is 12.6 Å². The summed E-state index contributed by atoms with van der Waals surface area (Å²) in [5, 5.41) is -0.456. The molecule has 1 aromatic rings. The van der Waals surface area contributed by atoms with Gasteiger partial charge in [0.05, 0.1) is 28.1 Å². The number of amides is 2. The van der Waals surface area contributed by atoms with E-state index in [0.717, 1.165) is 23.5 Å². The van der Waals surface area contributed by atoms with Crippen LogP contribution >= 0.6 is 11.6 Å². The molecule has 23 heavy (non-hydrogen) atoms. The molecule has 1 heterocycles. The lowest BCUT2D eigenvalue weighted by Crippen LogP contribution is -2.33. The summed E-state index contributed by atoms with van der Waals surface area (Å²) in [6.07, 6.45) is -0.00250. The summed E-state index contributed by atoms with van der Waals surface area (Å²) in [6, 6.07) is 3.12. The van der Waals surface area contributed by atoms with Gasteiger partial charge < -0.3 is 0 Å². The third-order valence-corrected chi connectivity index (χ3v) is 5.31. The van der Waals surface area contributed by atoms with Crippen LogP contribution < -0.4 is 4.90 Å². The number of carbonyl (C=O) groups excluding carboxylic acids is 2. The Hall–Kier alpha value is -1.82. The topological polar surface area (TPSA) is 37.4 Å². The number of nitrogens with zero attached hydrogens (tertiary/aromatic N) is 1. The zero-order valence-electron chi connectivity index (χ0n) is 11.7. The second kappa shape index (κ2) is 4.60. The van der Waals surface area contributed by atoms with Crippen LogP contribution in [-0.4, -0.2) is 11.8 Å². The highest BCUT2D eigenvalue weighted by molar-refractivity contribution is 6.31. The maximum atomic E-state index is 13.0. The van der Waals surface area contributed by atoms with Crippen molar-refractivity contribution in [1.29, 1.82) is 0 Å². The van der Waals surface area contributed by atoms with E-state index in [4.69, 9.17) is 11.6 Å². The van der Waals surface area contributed by atoms with Crippen molar-refractivity contribution in [3.63, 3.8) is 0 Å². The van der Waals surface area contributed by atoms with Crippen LogP contribution in [0, 0.1) is 23.7 Å². The molecule has 1 saturated heterocycles. The minimum Gasteiger partial charge on any atom is -0.274 e. The van der Waals surface area contributed by atoms with E-state index in [1.54, 1.807) is 0 Å². The largest absolute Gasteiger partial charge is 0.417 e. The van der Waals surface area contributed by atoms with Crippen LogP contribution in [-0.2, 0) is 15.8 Å². The Balaban J connectivity index is 1.75. The van der Waals surface area contributed by atoms with Gasteiger partial charge in [-0.15, -0.1) is 0 Å².